The van der Waals surface area contributed by atoms with E-state index < -0.39 is 0 Å². The van der Waals surface area contributed by atoms with Crippen LogP contribution in [0.25, 0.3) is 0 Å². The highest BCUT2D eigenvalue weighted by Gasteiger charge is 2.23. The van der Waals surface area contributed by atoms with Crippen LogP contribution < -0.4 is 5.32 Å². The summed E-state index contributed by atoms with van der Waals surface area (Å²) in [6.45, 7) is 6.59. The molecule has 1 aliphatic rings. The van der Waals surface area contributed by atoms with Gasteiger partial charge in [-0.3, -0.25) is 9.89 Å². The van der Waals surface area contributed by atoms with Crippen molar-refractivity contribution in [1.82, 2.24) is 15.1 Å². The lowest BCUT2D eigenvalue weighted by molar-refractivity contribution is 0.244. The summed E-state index contributed by atoms with van der Waals surface area (Å²) in [5.41, 5.74) is 1.40. The largest absolute Gasteiger partial charge is 0.354 e. The van der Waals surface area contributed by atoms with E-state index in [2.05, 4.69) is 64.4 Å². The van der Waals surface area contributed by atoms with Crippen LogP contribution in [0, 0.1) is 0 Å². The Morgan fingerprint density at radius 3 is 2.50 bits per heavy atom. The maximum Gasteiger partial charge on any atom is 0.193 e. The number of unbranched alkanes of at least 4 members (excludes halogenated alkanes) is 1. The molecule has 5 heteroatoms. The van der Waals surface area contributed by atoms with E-state index in [4.69, 9.17) is 0 Å². The zero-order chi connectivity index (χ0) is 16.5. The number of hydrogen-bond donors (Lipinski definition) is 1. The van der Waals surface area contributed by atoms with Crippen LogP contribution in [0.15, 0.2) is 35.3 Å². The molecule has 0 amide bonds. The molecule has 2 rings (SSSR count). The molecule has 136 valence electrons. The van der Waals surface area contributed by atoms with Crippen LogP contribution >= 0.6 is 24.0 Å². The second-order valence-electron chi connectivity index (χ2n) is 6.37. The summed E-state index contributed by atoms with van der Waals surface area (Å²) in [5, 5.41) is 3.59. The van der Waals surface area contributed by atoms with Crippen molar-refractivity contribution in [2.75, 3.05) is 40.3 Å². The third kappa shape index (κ3) is 6.24. The molecule has 1 aromatic carbocycles. The molecule has 1 N–H and O–H groups in total. The van der Waals surface area contributed by atoms with E-state index in [1.54, 1.807) is 0 Å². The SMILES string of the molecule is CCCCN(C)C(=NC)NCC(c1ccccc1)N1CCCC1.I. The Morgan fingerprint density at radius 1 is 1.25 bits per heavy atom. The van der Waals surface area contributed by atoms with Crippen LogP contribution in [0.1, 0.15) is 44.2 Å². The lowest BCUT2D eigenvalue weighted by Crippen LogP contribution is -2.43. The van der Waals surface area contributed by atoms with E-state index in [1.165, 1.54) is 44.3 Å². The predicted octanol–water partition coefficient (Wildman–Crippen LogP) is 3.75. The van der Waals surface area contributed by atoms with Crippen molar-refractivity contribution in [3.05, 3.63) is 35.9 Å². The number of hydrogen-bond acceptors (Lipinski definition) is 2. The third-order valence-electron chi connectivity index (χ3n) is 4.64. The molecule has 0 spiro atoms. The lowest BCUT2D eigenvalue weighted by atomic mass is 10.1. The van der Waals surface area contributed by atoms with Gasteiger partial charge in [0.25, 0.3) is 0 Å². The van der Waals surface area contributed by atoms with Crippen LogP contribution in [0.2, 0.25) is 0 Å². The number of likely N-dealkylation sites (tertiary alicyclic amines) is 1. The number of benzene rings is 1. The first-order chi connectivity index (χ1) is 11.3. The van der Waals surface area contributed by atoms with Gasteiger partial charge in [-0.15, -0.1) is 24.0 Å². The Hall–Kier alpha value is -0.820. The Bertz CT molecular complexity index is 472. The van der Waals surface area contributed by atoms with Crippen LogP contribution in [-0.2, 0) is 0 Å². The minimum absolute atomic E-state index is 0. The minimum atomic E-state index is 0. The molecular formula is C19H33IN4. The molecule has 0 aromatic heterocycles. The van der Waals surface area contributed by atoms with E-state index >= 15 is 0 Å². The van der Waals surface area contributed by atoms with Gasteiger partial charge in [0.05, 0.1) is 6.04 Å². The summed E-state index contributed by atoms with van der Waals surface area (Å²) in [6, 6.07) is 11.3. The molecule has 1 heterocycles. The number of guanidine groups is 1. The molecule has 1 fully saturated rings. The maximum atomic E-state index is 4.45. The van der Waals surface area contributed by atoms with Crippen molar-refractivity contribution in [2.24, 2.45) is 4.99 Å². The smallest absolute Gasteiger partial charge is 0.193 e. The summed E-state index contributed by atoms with van der Waals surface area (Å²) in [7, 11) is 4.00. The Morgan fingerprint density at radius 2 is 1.92 bits per heavy atom. The molecule has 1 aliphatic heterocycles. The van der Waals surface area contributed by atoms with Crippen molar-refractivity contribution in [3.8, 4) is 0 Å². The van der Waals surface area contributed by atoms with Crippen LogP contribution in [0.5, 0.6) is 0 Å². The van der Waals surface area contributed by atoms with Gasteiger partial charge in [-0.05, 0) is 37.9 Å². The fourth-order valence-electron chi connectivity index (χ4n) is 3.26. The molecule has 1 saturated heterocycles. The average Bonchev–Trinajstić information content (AvgIpc) is 3.11. The van der Waals surface area contributed by atoms with Crippen LogP contribution in [0.3, 0.4) is 0 Å². The summed E-state index contributed by atoms with van der Waals surface area (Å²) >= 11 is 0. The third-order valence-corrected chi connectivity index (χ3v) is 4.64. The highest BCUT2D eigenvalue weighted by Crippen LogP contribution is 2.24. The van der Waals surface area contributed by atoms with Gasteiger partial charge in [-0.25, -0.2) is 0 Å². The highest BCUT2D eigenvalue weighted by molar-refractivity contribution is 14.0. The monoisotopic (exact) mass is 444 g/mol. The molecule has 1 aromatic rings. The van der Waals surface area contributed by atoms with Gasteiger partial charge >= 0.3 is 0 Å². The standard InChI is InChI=1S/C19H32N4.HI/c1-4-5-13-22(3)19(20-2)21-16-18(23-14-9-10-15-23)17-11-7-6-8-12-17;/h6-8,11-12,18H,4-5,9-10,13-16H2,1-3H3,(H,20,21);1H. The minimum Gasteiger partial charge on any atom is -0.354 e. The highest BCUT2D eigenvalue weighted by atomic mass is 127. The topological polar surface area (TPSA) is 30.9 Å². The van der Waals surface area contributed by atoms with Gasteiger partial charge in [-0.2, -0.15) is 0 Å². The molecular weight excluding hydrogens is 411 g/mol. The summed E-state index contributed by atoms with van der Waals surface area (Å²) in [4.78, 5) is 9.28. The quantitative estimate of drug-likeness (QED) is 0.395. The maximum absolute atomic E-state index is 4.45. The van der Waals surface area contributed by atoms with Gasteiger partial charge in [0, 0.05) is 27.2 Å². The molecule has 0 aliphatic carbocycles. The zero-order valence-electron chi connectivity index (χ0n) is 15.4. The van der Waals surface area contributed by atoms with E-state index in [0.717, 1.165) is 19.0 Å². The summed E-state index contributed by atoms with van der Waals surface area (Å²) in [6.07, 6.45) is 5.04. The number of nitrogens with zero attached hydrogens (tertiary/aromatic N) is 3. The first kappa shape index (κ1) is 21.2. The van der Waals surface area contributed by atoms with E-state index in [9.17, 15) is 0 Å². The van der Waals surface area contributed by atoms with E-state index in [0.29, 0.717) is 6.04 Å². The van der Waals surface area contributed by atoms with Crippen molar-refractivity contribution >= 4 is 29.9 Å². The Kier molecular flexibility index (Phi) is 10.3. The predicted molar refractivity (Wildman–Crippen MR) is 114 cm³/mol. The first-order valence-corrected chi connectivity index (χ1v) is 8.97. The fourth-order valence-corrected chi connectivity index (χ4v) is 3.26. The van der Waals surface area contributed by atoms with Gasteiger partial charge < -0.3 is 10.2 Å². The number of aliphatic imine (C=N–C) groups is 1. The van der Waals surface area contributed by atoms with Crippen molar-refractivity contribution in [2.45, 2.75) is 38.6 Å². The normalized spacial score (nSPS) is 16.5. The zero-order valence-corrected chi connectivity index (χ0v) is 17.7. The molecule has 1 unspecified atom stereocenters. The van der Waals surface area contributed by atoms with Crippen molar-refractivity contribution in [3.63, 3.8) is 0 Å². The lowest BCUT2D eigenvalue weighted by Gasteiger charge is -2.30. The molecule has 0 bridgehead atoms. The fraction of sp³-hybridized carbons (Fsp3) is 0.632. The molecule has 0 saturated carbocycles. The van der Waals surface area contributed by atoms with Gasteiger partial charge in [-0.1, -0.05) is 43.7 Å². The number of halogens is 1. The number of rotatable bonds is 7. The van der Waals surface area contributed by atoms with Crippen molar-refractivity contribution < 1.29 is 0 Å². The van der Waals surface area contributed by atoms with Crippen molar-refractivity contribution in [1.29, 1.82) is 0 Å². The van der Waals surface area contributed by atoms with Crippen LogP contribution in [0.4, 0.5) is 0 Å². The first-order valence-electron chi connectivity index (χ1n) is 8.97. The van der Waals surface area contributed by atoms with Gasteiger partial charge in [0.2, 0.25) is 0 Å². The second-order valence-corrected chi connectivity index (χ2v) is 6.37. The summed E-state index contributed by atoms with van der Waals surface area (Å²) in [5.74, 6) is 0.999. The van der Waals surface area contributed by atoms with E-state index in [1.807, 2.05) is 7.05 Å². The second kappa shape index (κ2) is 11.7. The van der Waals surface area contributed by atoms with E-state index in [-0.39, 0.29) is 24.0 Å². The Balaban J connectivity index is 0.00000288. The van der Waals surface area contributed by atoms with Crippen LogP contribution in [-0.4, -0.2) is 56.0 Å². The number of nitrogens with one attached hydrogen (secondary N) is 1. The Labute approximate surface area is 164 Å². The summed E-state index contributed by atoms with van der Waals surface area (Å²) < 4.78 is 0. The average molecular weight is 444 g/mol. The molecule has 1 atom stereocenters. The molecule has 4 nitrogen and oxygen atoms in total. The molecule has 24 heavy (non-hydrogen) atoms. The van der Waals surface area contributed by atoms with Gasteiger partial charge in [0.1, 0.15) is 0 Å². The van der Waals surface area contributed by atoms with Gasteiger partial charge in [0.15, 0.2) is 5.96 Å². The molecule has 0 radical (unpaired) electrons.